The highest BCUT2D eigenvalue weighted by atomic mass is 19.3. The van der Waals surface area contributed by atoms with E-state index < -0.39 is 19.0 Å². The maximum absolute atomic E-state index is 12.6. The molecule has 0 saturated heterocycles. The minimum atomic E-state index is -4.12. The predicted octanol–water partition coefficient (Wildman–Crippen LogP) is 2.75. The highest BCUT2D eigenvalue weighted by Crippen LogP contribution is 2.23. The second-order valence-corrected chi connectivity index (χ2v) is 4.87. The van der Waals surface area contributed by atoms with Crippen LogP contribution in [0, 0.1) is 0 Å². The van der Waals surface area contributed by atoms with Crippen LogP contribution in [-0.2, 0) is 17.9 Å². The molecule has 112 valence electrons. The molecule has 2 rings (SSSR count). The van der Waals surface area contributed by atoms with Gasteiger partial charge in [0.1, 0.15) is 6.61 Å². The van der Waals surface area contributed by atoms with Crippen molar-refractivity contribution in [3.05, 3.63) is 29.6 Å². The van der Waals surface area contributed by atoms with E-state index in [-0.39, 0.29) is 6.61 Å². The van der Waals surface area contributed by atoms with Gasteiger partial charge in [-0.05, 0) is 24.5 Å². The molecule has 0 aliphatic heterocycles. The van der Waals surface area contributed by atoms with Crippen molar-refractivity contribution >= 4 is 0 Å². The number of pyridine rings is 1. The smallest absolute Gasteiger partial charge is 0.330 e. The summed E-state index contributed by atoms with van der Waals surface area (Å²) in [7, 11) is 0. The summed E-state index contributed by atoms with van der Waals surface area (Å²) in [6.45, 7) is -0.807. The third kappa shape index (κ3) is 4.72. The number of hydrogen-bond donors (Lipinski definition) is 1. The van der Waals surface area contributed by atoms with Crippen LogP contribution in [0.4, 0.5) is 17.6 Å². The Morgan fingerprint density at radius 3 is 2.65 bits per heavy atom. The maximum Gasteiger partial charge on any atom is 0.330 e. The fourth-order valence-corrected chi connectivity index (χ4v) is 1.55. The van der Waals surface area contributed by atoms with Gasteiger partial charge >= 0.3 is 12.3 Å². The molecule has 1 aromatic rings. The summed E-state index contributed by atoms with van der Waals surface area (Å²) in [4.78, 5) is 4.04. The van der Waals surface area contributed by atoms with E-state index >= 15 is 0 Å². The van der Waals surface area contributed by atoms with Gasteiger partial charge in [0.15, 0.2) is 0 Å². The number of nitrogens with zero attached hydrogens (tertiary/aromatic N) is 1. The molecule has 1 heterocycles. The van der Waals surface area contributed by atoms with Gasteiger partial charge in [0.25, 0.3) is 0 Å². The van der Waals surface area contributed by atoms with Crippen LogP contribution in [0.5, 0.6) is 0 Å². The van der Waals surface area contributed by atoms with Crippen molar-refractivity contribution in [2.45, 2.75) is 44.4 Å². The zero-order valence-corrected chi connectivity index (χ0v) is 10.8. The van der Waals surface area contributed by atoms with E-state index in [0.29, 0.717) is 18.3 Å². The van der Waals surface area contributed by atoms with Gasteiger partial charge in [-0.25, -0.2) is 8.78 Å². The van der Waals surface area contributed by atoms with Crippen LogP contribution >= 0.6 is 0 Å². The molecule has 0 amide bonds. The molecule has 1 aliphatic carbocycles. The quantitative estimate of drug-likeness (QED) is 0.748. The lowest BCUT2D eigenvalue weighted by Gasteiger charge is -2.14. The van der Waals surface area contributed by atoms with Gasteiger partial charge in [-0.1, -0.05) is 6.07 Å². The van der Waals surface area contributed by atoms with E-state index in [1.165, 1.54) is 12.8 Å². The van der Waals surface area contributed by atoms with Crippen LogP contribution < -0.4 is 5.32 Å². The molecule has 0 spiro atoms. The number of aromatic nitrogens is 1. The van der Waals surface area contributed by atoms with Crippen LogP contribution in [0.1, 0.15) is 24.1 Å². The predicted molar refractivity (Wildman–Crippen MR) is 64.7 cm³/mol. The van der Waals surface area contributed by atoms with Gasteiger partial charge in [-0.2, -0.15) is 8.78 Å². The Hall–Kier alpha value is -1.21. The normalized spacial score (nSPS) is 15.8. The van der Waals surface area contributed by atoms with Crippen LogP contribution in [-0.4, -0.2) is 30.0 Å². The number of alkyl halides is 4. The summed E-state index contributed by atoms with van der Waals surface area (Å²) in [5, 5.41) is 3.31. The van der Waals surface area contributed by atoms with Crippen molar-refractivity contribution in [3.8, 4) is 0 Å². The minimum Gasteiger partial charge on any atom is -0.369 e. The van der Waals surface area contributed by atoms with Crippen molar-refractivity contribution in [2.24, 2.45) is 0 Å². The fraction of sp³-hybridized carbons (Fsp3) is 0.615. The van der Waals surface area contributed by atoms with Crippen LogP contribution in [0.15, 0.2) is 18.3 Å². The van der Waals surface area contributed by atoms with Crippen LogP contribution in [0.3, 0.4) is 0 Å². The third-order valence-corrected chi connectivity index (χ3v) is 2.92. The van der Waals surface area contributed by atoms with Gasteiger partial charge in [0.05, 0.1) is 12.3 Å². The van der Waals surface area contributed by atoms with Crippen molar-refractivity contribution in [3.63, 3.8) is 0 Å². The van der Waals surface area contributed by atoms with E-state index in [4.69, 9.17) is 0 Å². The summed E-state index contributed by atoms with van der Waals surface area (Å²) in [5.74, 6) is -4.12. The lowest BCUT2D eigenvalue weighted by Crippen LogP contribution is -2.32. The van der Waals surface area contributed by atoms with Crippen molar-refractivity contribution < 1.29 is 22.3 Å². The maximum atomic E-state index is 12.6. The highest BCUT2D eigenvalue weighted by Gasteiger charge is 2.40. The molecule has 0 bridgehead atoms. The Kier molecular flexibility index (Phi) is 4.93. The summed E-state index contributed by atoms with van der Waals surface area (Å²) in [6.07, 6.45) is 0.292. The first kappa shape index (κ1) is 15.2. The average molecular weight is 292 g/mol. The third-order valence-electron chi connectivity index (χ3n) is 2.92. The van der Waals surface area contributed by atoms with Gasteiger partial charge in [0.2, 0.25) is 0 Å². The van der Waals surface area contributed by atoms with Gasteiger partial charge < -0.3 is 10.1 Å². The highest BCUT2D eigenvalue weighted by molar-refractivity contribution is 5.13. The molecular formula is C13H16F4N2O. The molecule has 3 nitrogen and oxygen atoms in total. The molecule has 20 heavy (non-hydrogen) atoms. The molecule has 1 saturated carbocycles. The molecule has 0 unspecified atom stereocenters. The van der Waals surface area contributed by atoms with E-state index in [1.54, 1.807) is 12.3 Å². The lowest BCUT2D eigenvalue weighted by molar-refractivity contribution is -0.168. The largest absolute Gasteiger partial charge is 0.369 e. The van der Waals surface area contributed by atoms with Gasteiger partial charge in [0, 0.05) is 18.8 Å². The summed E-state index contributed by atoms with van der Waals surface area (Å²) in [5.41, 5.74) is 1.42. The minimum absolute atomic E-state index is 0.210. The van der Waals surface area contributed by atoms with E-state index in [0.717, 1.165) is 5.56 Å². The topological polar surface area (TPSA) is 34.1 Å². The van der Waals surface area contributed by atoms with Crippen molar-refractivity contribution in [1.82, 2.24) is 10.3 Å². The summed E-state index contributed by atoms with van der Waals surface area (Å²) >= 11 is 0. The van der Waals surface area contributed by atoms with Crippen LogP contribution in [0.25, 0.3) is 0 Å². The lowest BCUT2D eigenvalue weighted by atomic mass is 10.2. The SMILES string of the molecule is FC(F)C(F)(F)COCc1ccc(CNC2CC2)cn1. The molecule has 0 radical (unpaired) electrons. The van der Waals surface area contributed by atoms with Crippen molar-refractivity contribution in [2.75, 3.05) is 6.61 Å². The van der Waals surface area contributed by atoms with Crippen LogP contribution in [0.2, 0.25) is 0 Å². The standard InChI is InChI=1S/C13H16F4N2O/c14-12(15)13(16,17)8-20-7-11-2-1-9(6-19-11)5-18-10-3-4-10/h1-2,6,10,12,18H,3-5,7-8H2. The van der Waals surface area contributed by atoms with E-state index in [2.05, 4.69) is 15.0 Å². The second kappa shape index (κ2) is 6.49. The number of hydrogen-bond acceptors (Lipinski definition) is 3. The summed E-state index contributed by atoms with van der Waals surface area (Å²) in [6, 6.07) is 4.05. The fourth-order valence-electron chi connectivity index (χ4n) is 1.55. The molecular weight excluding hydrogens is 276 g/mol. The first-order valence-electron chi connectivity index (χ1n) is 6.38. The number of nitrogens with one attached hydrogen (secondary N) is 1. The molecule has 0 atom stereocenters. The number of halogens is 4. The molecule has 1 aliphatic rings. The Labute approximate surface area is 114 Å². The number of rotatable bonds is 8. The first-order valence-corrected chi connectivity index (χ1v) is 6.38. The monoisotopic (exact) mass is 292 g/mol. The molecule has 1 fully saturated rings. The molecule has 1 N–H and O–H groups in total. The number of ether oxygens (including phenoxy) is 1. The second-order valence-electron chi connectivity index (χ2n) is 4.87. The van der Waals surface area contributed by atoms with Gasteiger partial charge in [-0.3, -0.25) is 4.98 Å². The first-order chi connectivity index (χ1) is 9.47. The van der Waals surface area contributed by atoms with Crippen molar-refractivity contribution in [1.29, 1.82) is 0 Å². The zero-order chi connectivity index (χ0) is 14.6. The zero-order valence-electron chi connectivity index (χ0n) is 10.8. The molecule has 1 aromatic heterocycles. The average Bonchev–Trinajstić information content (AvgIpc) is 3.21. The Morgan fingerprint density at radius 2 is 2.10 bits per heavy atom. The van der Waals surface area contributed by atoms with E-state index in [9.17, 15) is 17.6 Å². The summed E-state index contributed by atoms with van der Waals surface area (Å²) < 4.78 is 53.6. The Bertz CT molecular complexity index is 421. The van der Waals surface area contributed by atoms with E-state index in [1.807, 2.05) is 6.07 Å². The molecule has 0 aromatic carbocycles. The molecule has 7 heteroatoms. The Balaban J connectivity index is 1.72. The Morgan fingerprint density at radius 1 is 1.35 bits per heavy atom. The van der Waals surface area contributed by atoms with Gasteiger partial charge in [-0.15, -0.1) is 0 Å².